The van der Waals surface area contributed by atoms with Gasteiger partial charge in [-0.15, -0.1) is 0 Å². The van der Waals surface area contributed by atoms with Crippen LogP contribution in [0.4, 0.5) is 0 Å². The van der Waals surface area contributed by atoms with Crippen molar-refractivity contribution in [3.63, 3.8) is 0 Å². The summed E-state index contributed by atoms with van der Waals surface area (Å²) in [7, 11) is 0. The number of primary amides is 1. The van der Waals surface area contributed by atoms with E-state index in [0.29, 0.717) is 51.6 Å². The zero-order valence-corrected chi connectivity index (χ0v) is 22.6. The first-order valence-corrected chi connectivity index (χ1v) is 13.2. The van der Waals surface area contributed by atoms with E-state index >= 15 is 0 Å². The number of carbonyl (C=O) groups excluding carboxylic acids is 7. The first-order chi connectivity index (χ1) is 18.0. The van der Waals surface area contributed by atoms with Crippen LogP contribution in [0.2, 0.25) is 0 Å². The number of imide groups is 1. The summed E-state index contributed by atoms with van der Waals surface area (Å²) in [5.74, 6) is -2.84. The lowest BCUT2D eigenvalue weighted by atomic mass is 10.1. The number of carbonyl (C=O) groups is 7. The average Bonchev–Trinajstić information content (AvgIpc) is 3.10. The number of hydrogen-bond acceptors (Lipinski definition) is 7. The van der Waals surface area contributed by atoms with Crippen LogP contribution in [0.25, 0.3) is 0 Å². The fourth-order valence-corrected chi connectivity index (χ4v) is 3.98. The second-order valence-corrected chi connectivity index (χ2v) is 9.50. The minimum Gasteiger partial charge on any atom is -0.368 e. The maximum absolute atomic E-state index is 12.7. The monoisotopic (exact) mass is 538 g/mol. The Hall–Kier alpha value is -3.51. The van der Waals surface area contributed by atoms with Crippen molar-refractivity contribution in [2.45, 2.75) is 90.6 Å². The van der Waals surface area contributed by atoms with E-state index in [9.17, 15) is 33.6 Å². The van der Waals surface area contributed by atoms with Gasteiger partial charge in [-0.05, 0) is 38.5 Å². The molecule has 0 radical (unpaired) electrons. The normalized spacial score (nSPS) is 16.5. The van der Waals surface area contributed by atoms with Crippen LogP contribution in [0.1, 0.15) is 78.6 Å². The molecule has 0 aliphatic carbocycles. The molecular weight excluding hydrogens is 496 g/mol. The quantitative estimate of drug-likeness (QED) is 0.111. The van der Waals surface area contributed by atoms with Crippen LogP contribution in [0.3, 0.4) is 0 Å². The smallest absolute Gasteiger partial charge is 0.243 e. The Kier molecular flexibility index (Phi) is 14.6. The number of amides is 7. The molecule has 1 rings (SSSR count). The molecule has 0 saturated carbocycles. The van der Waals surface area contributed by atoms with E-state index in [1.54, 1.807) is 13.8 Å². The maximum Gasteiger partial charge on any atom is 0.243 e. The van der Waals surface area contributed by atoms with E-state index in [1.165, 1.54) is 6.92 Å². The minimum absolute atomic E-state index is 0.0136. The number of hydrogen-bond donors (Lipinski definition) is 5. The number of nitrogens with one attached hydrogen (secondary N) is 4. The van der Waals surface area contributed by atoms with E-state index in [0.717, 1.165) is 4.90 Å². The zero-order valence-electron chi connectivity index (χ0n) is 22.6. The minimum atomic E-state index is -0.938. The van der Waals surface area contributed by atoms with Gasteiger partial charge in [0, 0.05) is 51.7 Å². The number of rotatable bonds is 18. The highest BCUT2D eigenvalue weighted by atomic mass is 16.2. The maximum atomic E-state index is 12.7. The Labute approximate surface area is 223 Å². The SMILES string of the molecule is CCC(=O)NCCCCC(NC(C)=O)C(=O)NC(CCCCNC(=O)CCN1C(=O)CC(C)C1=O)C(N)=O. The lowest BCUT2D eigenvalue weighted by Crippen LogP contribution is -2.52. The van der Waals surface area contributed by atoms with Crippen molar-refractivity contribution in [3.8, 4) is 0 Å². The van der Waals surface area contributed by atoms with Gasteiger partial charge >= 0.3 is 0 Å². The molecule has 6 N–H and O–H groups in total. The van der Waals surface area contributed by atoms with Crippen LogP contribution < -0.4 is 27.0 Å². The summed E-state index contributed by atoms with van der Waals surface area (Å²) in [5, 5.41) is 10.6. The molecule has 3 atom stereocenters. The average molecular weight is 539 g/mol. The van der Waals surface area contributed by atoms with Gasteiger partial charge in [0.15, 0.2) is 0 Å². The van der Waals surface area contributed by atoms with Crippen molar-refractivity contribution in [1.29, 1.82) is 0 Å². The molecule has 13 nitrogen and oxygen atoms in total. The Morgan fingerprint density at radius 1 is 0.921 bits per heavy atom. The summed E-state index contributed by atoms with van der Waals surface area (Å²) < 4.78 is 0. The first-order valence-electron chi connectivity index (χ1n) is 13.2. The van der Waals surface area contributed by atoms with Gasteiger partial charge in [-0.1, -0.05) is 13.8 Å². The Balaban J connectivity index is 2.39. The summed E-state index contributed by atoms with van der Waals surface area (Å²) in [6, 6.07) is -1.78. The second-order valence-electron chi connectivity index (χ2n) is 9.50. The molecule has 214 valence electrons. The molecule has 1 aliphatic rings. The van der Waals surface area contributed by atoms with Crippen LogP contribution in [0.5, 0.6) is 0 Å². The highest BCUT2D eigenvalue weighted by Gasteiger charge is 2.35. The Morgan fingerprint density at radius 3 is 2.00 bits per heavy atom. The predicted molar refractivity (Wildman–Crippen MR) is 138 cm³/mol. The number of unbranched alkanes of at least 4 members (excludes halogenated alkanes) is 2. The molecule has 0 aromatic rings. The zero-order chi connectivity index (χ0) is 28.7. The van der Waals surface area contributed by atoms with Crippen LogP contribution in [-0.4, -0.2) is 78.0 Å². The summed E-state index contributed by atoms with van der Waals surface area (Å²) in [6.07, 6.45) is 3.35. The standard InChI is InChI=1S/C25H42N6O7/c1-4-20(33)27-12-8-6-10-19(29-17(3)32)24(37)30-18(23(26)36)9-5-7-13-28-21(34)11-14-31-22(35)15-16(2)25(31)38/h16,18-19H,4-15H2,1-3H3,(H2,26,36)(H,27,33)(H,28,34)(H,29,32)(H,30,37). The lowest BCUT2D eigenvalue weighted by molar-refractivity contribution is -0.139. The molecule has 13 heteroatoms. The molecule has 0 bridgehead atoms. The number of nitrogens with zero attached hydrogens (tertiary/aromatic N) is 1. The Bertz CT molecular complexity index is 878. The largest absolute Gasteiger partial charge is 0.368 e. The molecule has 38 heavy (non-hydrogen) atoms. The van der Waals surface area contributed by atoms with Crippen molar-refractivity contribution in [1.82, 2.24) is 26.2 Å². The second kappa shape index (κ2) is 17.1. The van der Waals surface area contributed by atoms with Crippen LogP contribution in [-0.2, 0) is 33.6 Å². The van der Waals surface area contributed by atoms with Gasteiger partial charge in [0.1, 0.15) is 12.1 Å². The van der Waals surface area contributed by atoms with Crippen LogP contribution >= 0.6 is 0 Å². The van der Waals surface area contributed by atoms with Crippen molar-refractivity contribution >= 4 is 41.4 Å². The number of nitrogens with two attached hydrogens (primary N) is 1. The molecule has 0 aromatic heterocycles. The summed E-state index contributed by atoms with van der Waals surface area (Å²) in [4.78, 5) is 84.3. The lowest BCUT2D eigenvalue weighted by Gasteiger charge is -2.21. The molecule has 1 fully saturated rings. The van der Waals surface area contributed by atoms with Gasteiger partial charge in [-0.2, -0.15) is 0 Å². The van der Waals surface area contributed by atoms with E-state index in [4.69, 9.17) is 5.73 Å². The van der Waals surface area contributed by atoms with E-state index in [2.05, 4.69) is 21.3 Å². The van der Waals surface area contributed by atoms with Crippen molar-refractivity contribution in [2.24, 2.45) is 11.7 Å². The summed E-state index contributed by atoms with van der Waals surface area (Å²) in [6.45, 7) is 5.56. The van der Waals surface area contributed by atoms with Gasteiger partial charge in [-0.3, -0.25) is 38.5 Å². The molecule has 0 spiro atoms. The fraction of sp³-hybridized carbons (Fsp3) is 0.720. The molecule has 1 aliphatic heterocycles. The van der Waals surface area contributed by atoms with E-state index in [-0.39, 0.29) is 61.3 Å². The fourth-order valence-electron chi connectivity index (χ4n) is 3.98. The van der Waals surface area contributed by atoms with Crippen molar-refractivity contribution in [3.05, 3.63) is 0 Å². The molecule has 3 unspecified atom stereocenters. The topological polar surface area (TPSA) is 197 Å². The van der Waals surface area contributed by atoms with Crippen LogP contribution in [0.15, 0.2) is 0 Å². The molecule has 1 saturated heterocycles. The van der Waals surface area contributed by atoms with Gasteiger partial charge < -0.3 is 27.0 Å². The highest BCUT2D eigenvalue weighted by molar-refractivity contribution is 6.03. The van der Waals surface area contributed by atoms with Crippen molar-refractivity contribution in [2.75, 3.05) is 19.6 Å². The number of likely N-dealkylation sites (tertiary alicyclic amines) is 1. The van der Waals surface area contributed by atoms with Crippen LogP contribution in [0, 0.1) is 5.92 Å². The molecular formula is C25H42N6O7. The van der Waals surface area contributed by atoms with Gasteiger partial charge in [-0.25, -0.2) is 0 Å². The third-order valence-electron chi connectivity index (χ3n) is 6.19. The summed E-state index contributed by atoms with van der Waals surface area (Å²) in [5.41, 5.74) is 5.45. The predicted octanol–water partition coefficient (Wildman–Crippen LogP) is -0.771. The van der Waals surface area contributed by atoms with E-state index < -0.39 is 23.9 Å². The Morgan fingerprint density at radius 2 is 1.50 bits per heavy atom. The molecule has 1 heterocycles. The third-order valence-corrected chi connectivity index (χ3v) is 6.19. The first kappa shape index (κ1) is 32.5. The summed E-state index contributed by atoms with van der Waals surface area (Å²) >= 11 is 0. The third kappa shape index (κ3) is 12.2. The van der Waals surface area contributed by atoms with Gasteiger partial charge in [0.05, 0.1) is 0 Å². The molecule has 7 amide bonds. The van der Waals surface area contributed by atoms with E-state index in [1.807, 2.05) is 0 Å². The van der Waals surface area contributed by atoms with Gasteiger partial charge in [0.2, 0.25) is 41.4 Å². The highest BCUT2D eigenvalue weighted by Crippen LogP contribution is 2.18. The van der Waals surface area contributed by atoms with Gasteiger partial charge in [0.25, 0.3) is 0 Å². The molecule has 0 aromatic carbocycles. The van der Waals surface area contributed by atoms with Crippen molar-refractivity contribution < 1.29 is 33.6 Å².